The summed E-state index contributed by atoms with van der Waals surface area (Å²) >= 11 is 0. The van der Waals surface area contributed by atoms with Crippen molar-refractivity contribution in [1.29, 1.82) is 0 Å². The van der Waals surface area contributed by atoms with Crippen LogP contribution in [0.25, 0.3) is 22.6 Å². The standard InChI is InChI=1S/C22H24F3N7O/c23-16-11-27-20(17-15-5-2-8-26-18(15)32-31-17)30-19(16)28-13-3-1-4-14(9-13)29-21(33)12-6-7-22(24,25)10-12/h2,5,8,11-14H,1,3-4,6-7,9-10H2,(H,29,33)(H,26,31,32)(H,27,28,30)/t12?,13-,14+/m0/s1. The number of H-pyrrole nitrogens is 1. The highest BCUT2D eigenvalue weighted by Gasteiger charge is 2.43. The van der Waals surface area contributed by atoms with Crippen LogP contribution >= 0.6 is 0 Å². The molecule has 3 aromatic heterocycles. The molecule has 5 rings (SSSR count). The lowest BCUT2D eigenvalue weighted by atomic mass is 9.90. The van der Waals surface area contributed by atoms with Crippen molar-refractivity contribution >= 4 is 22.8 Å². The maximum Gasteiger partial charge on any atom is 0.248 e. The number of aromatic nitrogens is 5. The van der Waals surface area contributed by atoms with Gasteiger partial charge in [0.25, 0.3) is 0 Å². The first-order valence-corrected chi connectivity index (χ1v) is 11.1. The minimum Gasteiger partial charge on any atom is -0.365 e. The number of alkyl halides is 2. The van der Waals surface area contributed by atoms with Gasteiger partial charge in [0, 0.05) is 37.0 Å². The average Bonchev–Trinajstić information content (AvgIpc) is 3.39. The van der Waals surface area contributed by atoms with E-state index in [4.69, 9.17) is 0 Å². The SMILES string of the molecule is O=C(N[C@@H]1CCC[C@H](Nc2nc(-c3n[nH]c4ncccc34)ncc2F)C1)C1CCC(F)(F)C1. The van der Waals surface area contributed by atoms with Crippen LogP contribution in [0, 0.1) is 11.7 Å². The Bertz CT molecular complexity index is 1170. The summed E-state index contributed by atoms with van der Waals surface area (Å²) in [5.74, 6) is -3.97. The average molecular weight is 459 g/mol. The second-order valence-electron chi connectivity index (χ2n) is 8.87. The number of hydrogen-bond acceptors (Lipinski definition) is 6. The summed E-state index contributed by atoms with van der Waals surface area (Å²) in [6.07, 6.45) is 5.24. The van der Waals surface area contributed by atoms with Crippen LogP contribution in [0.15, 0.2) is 24.5 Å². The van der Waals surface area contributed by atoms with Crippen molar-refractivity contribution in [2.24, 2.45) is 5.92 Å². The van der Waals surface area contributed by atoms with E-state index in [1.165, 1.54) is 0 Å². The van der Waals surface area contributed by atoms with Crippen molar-refractivity contribution in [3.8, 4) is 11.5 Å². The Morgan fingerprint density at radius 1 is 1.18 bits per heavy atom. The summed E-state index contributed by atoms with van der Waals surface area (Å²) in [4.78, 5) is 25.1. The normalized spacial score (nSPS) is 24.6. The van der Waals surface area contributed by atoms with Crippen molar-refractivity contribution < 1.29 is 18.0 Å². The van der Waals surface area contributed by atoms with Gasteiger partial charge in [-0.15, -0.1) is 0 Å². The predicted octanol–water partition coefficient (Wildman–Crippen LogP) is 3.83. The number of rotatable bonds is 5. The molecule has 2 aliphatic carbocycles. The molecule has 1 amide bonds. The van der Waals surface area contributed by atoms with Gasteiger partial charge in [-0.3, -0.25) is 9.89 Å². The van der Waals surface area contributed by atoms with Gasteiger partial charge in [-0.05, 0) is 44.2 Å². The van der Waals surface area contributed by atoms with Gasteiger partial charge in [0.05, 0.1) is 11.6 Å². The van der Waals surface area contributed by atoms with E-state index in [9.17, 15) is 18.0 Å². The Morgan fingerprint density at radius 2 is 2.03 bits per heavy atom. The highest BCUT2D eigenvalue weighted by Crippen LogP contribution is 2.39. The van der Waals surface area contributed by atoms with E-state index in [1.54, 1.807) is 12.3 Å². The Hall–Kier alpha value is -3.24. The zero-order valence-electron chi connectivity index (χ0n) is 17.8. The van der Waals surface area contributed by atoms with Gasteiger partial charge in [-0.2, -0.15) is 5.10 Å². The van der Waals surface area contributed by atoms with Crippen LogP contribution < -0.4 is 10.6 Å². The van der Waals surface area contributed by atoms with Gasteiger partial charge < -0.3 is 10.6 Å². The summed E-state index contributed by atoms with van der Waals surface area (Å²) in [6, 6.07) is 3.33. The number of carbonyl (C=O) groups is 1. The van der Waals surface area contributed by atoms with E-state index < -0.39 is 17.7 Å². The summed E-state index contributed by atoms with van der Waals surface area (Å²) < 4.78 is 41.4. The third-order valence-corrected chi connectivity index (χ3v) is 6.43. The van der Waals surface area contributed by atoms with Crippen LogP contribution in [-0.2, 0) is 4.79 Å². The molecule has 2 saturated carbocycles. The van der Waals surface area contributed by atoms with Crippen LogP contribution in [0.5, 0.6) is 0 Å². The fourth-order valence-corrected chi connectivity index (χ4v) is 4.75. The van der Waals surface area contributed by atoms with Crippen LogP contribution in [0.1, 0.15) is 44.9 Å². The van der Waals surface area contributed by atoms with Crippen LogP contribution in [-0.4, -0.2) is 49.1 Å². The maximum absolute atomic E-state index is 14.5. The molecule has 3 aromatic rings. The van der Waals surface area contributed by atoms with Gasteiger partial charge >= 0.3 is 0 Å². The molecule has 2 aliphatic rings. The zero-order valence-corrected chi connectivity index (χ0v) is 17.8. The number of fused-ring (bicyclic) bond motifs is 1. The molecule has 3 heterocycles. The third-order valence-electron chi connectivity index (χ3n) is 6.43. The number of aromatic amines is 1. The minimum absolute atomic E-state index is 0.0625. The molecular formula is C22H24F3N7O. The fraction of sp³-hybridized carbons (Fsp3) is 0.500. The van der Waals surface area contributed by atoms with E-state index >= 15 is 0 Å². The third kappa shape index (κ3) is 4.62. The highest BCUT2D eigenvalue weighted by molar-refractivity contribution is 5.88. The fourth-order valence-electron chi connectivity index (χ4n) is 4.75. The van der Waals surface area contributed by atoms with Crippen molar-refractivity contribution in [2.75, 3.05) is 5.32 Å². The summed E-state index contributed by atoms with van der Waals surface area (Å²) in [5.41, 5.74) is 1.06. The largest absolute Gasteiger partial charge is 0.365 e. The molecule has 2 fully saturated rings. The Balaban J connectivity index is 1.26. The van der Waals surface area contributed by atoms with E-state index in [-0.39, 0.29) is 48.9 Å². The predicted molar refractivity (Wildman–Crippen MR) is 115 cm³/mol. The lowest BCUT2D eigenvalue weighted by molar-refractivity contribution is -0.126. The Morgan fingerprint density at radius 3 is 2.85 bits per heavy atom. The highest BCUT2D eigenvalue weighted by atomic mass is 19.3. The second kappa shape index (κ2) is 8.60. The maximum atomic E-state index is 14.5. The van der Waals surface area contributed by atoms with E-state index in [1.807, 2.05) is 6.07 Å². The number of pyridine rings is 1. The van der Waals surface area contributed by atoms with Crippen LogP contribution in [0.4, 0.5) is 19.0 Å². The van der Waals surface area contributed by atoms with E-state index in [0.29, 0.717) is 17.8 Å². The van der Waals surface area contributed by atoms with Gasteiger partial charge in [0.2, 0.25) is 11.8 Å². The van der Waals surface area contributed by atoms with Crippen molar-refractivity contribution in [1.82, 2.24) is 30.5 Å². The Labute approximate surface area is 187 Å². The molecule has 0 spiro atoms. The lowest BCUT2D eigenvalue weighted by Gasteiger charge is -2.31. The second-order valence-corrected chi connectivity index (χ2v) is 8.87. The molecule has 3 N–H and O–H groups in total. The van der Waals surface area contributed by atoms with Crippen LogP contribution in [0.3, 0.4) is 0 Å². The van der Waals surface area contributed by atoms with E-state index in [0.717, 1.165) is 30.8 Å². The first-order chi connectivity index (χ1) is 15.9. The number of amides is 1. The topological polar surface area (TPSA) is 108 Å². The molecule has 0 saturated heterocycles. The molecule has 8 nitrogen and oxygen atoms in total. The molecule has 0 aliphatic heterocycles. The van der Waals surface area contributed by atoms with E-state index in [2.05, 4.69) is 35.8 Å². The first-order valence-electron chi connectivity index (χ1n) is 11.1. The first kappa shape index (κ1) is 21.6. The van der Waals surface area contributed by atoms with Gasteiger partial charge in [0.15, 0.2) is 23.1 Å². The smallest absolute Gasteiger partial charge is 0.248 e. The molecule has 0 aromatic carbocycles. The molecule has 0 radical (unpaired) electrons. The zero-order chi connectivity index (χ0) is 23.0. The van der Waals surface area contributed by atoms with Gasteiger partial charge in [0.1, 0.15) is 5.69 Å². The molecule has 0 bridgehead atoms. The van der Waals surface area contributed by atoms with Gasteiger partial charge in [-0.1, -0.05) is 0 Å². The van der Waals surface area contributed by atoms with Crippen molar-refractivity contribution in [3.05, 3.63) is 30.3 Å². The van der Waals surface area contributed by atoms with Gasteiger partial charge in [-0.25, -0.2) is 28.1 Å². The molecule has 1 unspecified atom stereocenters. The number of nitrogens with one attached hydrogen (secondary N) is 3. The molecule has 3 atom stereocenters. The number of hydrogen-bond donors (Lipinski definition) is 3. The number of nitrogens with zero attached hydrogens (tertiary/aromatic N) is 4. The quantitative estimate of drug-likeness (QED) is 0.535. The number of anilines is 1. The monoisotopic (exact) mass is 459 g/mol. The molecule has 11 heteroatoms. The summed E-state index contributed by atoms with van der Waals surface area (Å²) in [5, 5.41) is 13.8. The molecule has 174 valence electrons. The van der Waals surface area contributed by atoms with Crippen molar-refractivity contribution in [2.45, 2.75) is 63.0 Å². The Kier molecular flexibility index (Phi) is 5.63. The molecular weight excluding hydrogens is 435 g/mol. The summed E-state index contributed by atoms with van der Waals surface area (Å²) in [6.45, 7) is 0. The van der Waals surface area contributed by atoms with Crippen LogP contribution in [0.2, 0.25) is 0 Å². The van der Waals surface area contributed by atoms with Crippen molar-refractivity contribution in [3.63, 3.8) is 0 Å². The lowest BCUT2D eigenvalue weighted by Crippen LogP contribution is -2.44. The molecule has 33 heavy (non-hydrogen) atoms. The minimum atomic E-state index is -2.75. The summed E-state index contributed by atoms with van der Waals surface area (Å²) in [7, 11) is 0. The number of carbonyl (C=O) groups excluding carboxylic acids is 1. The number of halogens is 3.